The van der Waals surface area contributed by atoms with E-state index in [-0.39, 0.29) is 17.9 Å². The third kappa shape index (κ3) is 4.73. The number of benzene rings is 3. The normalized spacial score (nSPS) is 13.4. The number of amides is 1. The van der Waals surface area contributed by atoms with Gasteiger partial charge in [0, 0.05) is 24.8 Å². The molecule has 0 radical (unpaired) electrons. The van der Waals surface area contributed by atoms with Crippen molar-refractivity contribution >= 4 is 28.3 Å². The molecule has 1 N–H and O–H groups in total. The molecule has 0 aliphatic carbocycles. The molecule has 4 aromatic rings. The highest BCUT2D eigenvalue weighted by atomic mass is 16.5. The fourth-order valence-electron chi connectivity index (χ4n) is 4.71. The van der Waals surface area contributed by atoms with Gasteiger partial charge in [-0.1, -0.05) is 51.1 Å². The van der Waals surface area contributed by atoms with Gasteiger partial charge in [-0.25, -0.2) is 4.98 Å². The first-order valence-electron chi connectivity index (χ1n) is 12.2. The molecule has 7 heteroatoms. The van der Waals surface area contributed by atoms with Gasteiger partial charge < -0.3 is 24.3 Å². The molecule has 1 aliphatic rings. The number of ether oxygens (including phenoxy) is 2. The summed E-state index contributed by atoms with van der Waals surface area (Å²) in [6.45, 7) is 8.73. The van der Waals surface area contributed by atoms with Crippen molar-refractivity contribution in [2.24, 2.45) is 0 Å². The van der Waals surface area contributed by atoms with Crippen LogP contribution in [0.1, 0.15) is 32.2 Å². The van der Waals surface area contributed by atoms with Gasteiger partial charge in [0.1, 0.15) is 17.3 Å². The van der Waals surface area contributed by atoms with Gasteiger partial charge in [-0.3, -0.25) is 4.79 Å². The molecule has 0 atom stereocenters. The Morgan fingerprint density at radius 2 is 1.78 bits per heavy atom. The van der Waals surface area contributed by atoms with E-state index in [1.165, 1.54) is 5.52 Å². The van der Waals surface area contributed by atoms with Crippen LogP contribution >= 0.6 is 0 Å². The Hall–Kier alpha value is -4.00. The maximum Gasteiger partial charge on any atom is 0.262 e. The topological polar surface area (TPSA) is 68.6 Å². The number of carbonyl (C=O) groups excluding carboxylic acids is 1. The lowest BCUT2D eigenvalue weighted by atomic mass is 9.86. The molecule has 186 valence electrons. The number of hydrogen-bond acceptors (Lipinski definition) is 5. The molecule has 0 fully saturated rings. The number of nitrogens with one attached hydrogen (secondary N) is 1. The van der Waals surface area contributed by atoms with Crippen LogP contribution in [0.2, 0.25) is 0 Å². The third-order valence-corrected chi connectivity index (χ3v) is 6.54. The first-order chi connectivity index (χ1) is 17.3. The number of anilines is 2. The Bertz CT molecular complexity index is 1400. The van der Waals surface area contributed by atoms with Crippen LogP contribution in [0, 0.1) is 0 Å². The van der Waals surface area contributed by atoms with E-state index >= 15 is 0 Å². The Labute approximate surface area is 211 Å². The average Bonchev–Trinajstić information content (AvgIpc) is 3.25. The largest absolute Gasteiger partial charge is 0.494 e. The average molecular weight is 485 g/mol. The summed E-state index contributed by atoms with van der Waals surface area (Å²) < 4.78 is 13.8. The molecule has 5 rings (SSSR count). The van der Waals surface area contributed by atoms with Crippen LogP contribution in [-0.2, 0) is 23.3 Å². The third-order valence-electron chi connectivity index (χ3n) is 6.54. The zero-order valence-electron chi connectivity index (χ0n) is 21.2. The highest BCUT2D eigenvalue weighted by molar-refractivity contribution is 5.93. The number of fused-ring (bicyclic) bond motifs is 3. The standard InChI is InChI=1S/C29H32N4O3/c1-29(2,3)21-9-5-8-12-25(21)36-19-28(34)31-23-14-13-20(17-26(23)35-4)32-15-16-33-24-11-7-6-10-22(24)30-27(33)18-32/h5-14,17H,15-16,18-19H2,1-4H3,(H,31,34). The number of imidazole rings is 1. The number of carbonyl (C=O) groups is 1. The maximum atomic E-state index is 12.7. The smallest absolute Gasteiger partial charge is 0.262 e. The first kappa shape index (κ1) is 23.7. The molecule has 0 spiro atoms. The maximum absolute atomic E-state index is 12.7. The molecular formula is C29H32N4O3. The van der Waals surface area contributed by atoms with E-state index < -0.39 is 0 Å². The molecule has 7 nitrogen and oxygen atoms in total. The monoisotopic (exact) mass is 484 g/mol. The van der Waals surface area contributed by atoms with E-state index in [1.807, 2.05) is 48.5 Å². The molecule has 1 aliphatic heterocycles. The molecule has 2 heterocycles. The molecule has 0 bridgehead atoms. The van der Waals surface area contributed by atoms with Gasteiger partial charge in [0.15, 0.2) is 6.61 Å². The molecule has 0 saturated heterocycles. The van der Waals surface area contributed by atoms with Crippen LogP contribution in [-0.4, -0.2) is 35.7 Å². The fraction of sp³-hybridized carbons (Fsp3) is 0.310. The number of para-hydroxylation sites is 3. The molecule has 3 aromatic carbocycles. The van der Waals surface area contributed by atoms with E-state index in [2.05, 4.69) is 53.8 Å². The Kier molecular flexibility index (Phi) is 6.31. The Balaban J connectivity index is 1.27. The van der Waals surface area contributed by atoms with Crippen LogP contribution in [0.3, 0.4) is 0 Å². The predicted octanol–water partition coefficient (Wildman–Crippen LogP) is 5.38. The molecule has 36 heavy (non-hydrogen) atoms. The van der Waals surface area contributed by atoms with Crippen molar-refractivity contribution in [2.45, 2.75) is 39.3 Å². The highest BCUT2D eigenvalue weighted by Gasteiger charge is 2.22. The summed E-state index contributed by atoms with van der Waals surface area (Å²) in [4.78, 5) is 19.8. The highest BCUT2D eigenvalue weighted by Crippen LogP contribution is 2.33. The minimum atomic E-state index is -0.239. The van der Waals surface area contributed by atoms with Gasteiger partial charge in [0.25, 0.3) is 5.91 Å². The summed E-state index contributed by atoms with van der Waals surface area (Å²) in [6, 6.07) is 21.9. The molecule has 1 amide bonds. The summed E-state index contributed by atoms with van der Waals surface area (Å²) in [6.07, 6.45) is 0. The van der Waals surface area contributed by atoms with E-state index in [0.29, 0.717) is 18.0 Å². The zero-order chi connectivity index (χ0) is 25.3. The Morgan fingerprint density at radius 1 is 1.00 bits per heavy atom. The lowest BCUT2D eigenvalue weighted by Gasteiger charge is -2.30. The number of nitrogens with zero attached hydrogens (tertiary/aromatic N) is 3. The molecule has 0 saturated carbocycles. The van der Waals surface area contributed by atoms with Crippen LogP contribution in [0.4, 0.5) is 11.4 Å². The number of aromatic nitrogens is 2. The van der Waals surface area contributed by atoms with Gasteiger partial charge in [0.05, 0.1) is 30.4 Å². The lowest BCUT2D eigenvalue weighted by Crippen LogP contribution is -2.33. The van der Waals surface area contributed by atoms with Crippen LogP contribution in [0.5, 0.6) is 11.5 Å². The van der Waals surface area contributed by atoms with Gasteiger partial charge in [-0.05, 0) is 41.3 Å². The van der Waals surface area contributed by atoms with Gasteiger partial charge >= 0.3 is 0 Å². The first-order valence-corrected chi connectivity index (χ1v) is 12.2. The summed E-state index contributed by atoms with van der Waals surface area (Å²) in [5.74, 6) is 2.14. The second-order valence-corrected chi connectivity index (χ2v) is 10.1. The summed E-state index contributed by atoms with van der Waals surface area (Å²) in [5.41, 5.74) is 4.83. The van der Waals surface area contributed by atoms with Crippen LogP contribution in [0.15, 0.2) is 66.7 Å². The van der Waals surface area contributed by atoms with Crippen molar-refractivity contribution in [1.82, 2.24) is 9.55 Å². The lowest BCUT2D eigenvalue weighted by molar-refractivity contribution is -0.118. The van der Waals surface area contributed by atoms with Crippen molar-refractivity contribution in [3.05, 3.63) is 78.1 Å². The van der Waals surface area contributed by atoms with Gasteiger partial charge in [0.2, 0.25) is 0 Å². The van der Waals surface area contributed by atoms with Crippen molar-refractivity contribution < 1.29 is 14.3 Å². The minimum Gasteiger partial charge on any atom is -0.494 e. The second kappa shape index (κ2) is 9.57. The van der Waals surface area contributed by atoms with Gasteiger partial charge in [-0.15, -0.1) is 0 Å². The summed E-state index contributed by atoms with van der Waals surface area (Å²) in [7, 11) is 1.61. The number of rotatable bonds is 6. The minimum absolute atomic E-state index is 0.0789. The quantitative estimate of drug-likeness (QED) is 0.398. The molecular weight excluding hydrogens is 452 g/mol. The fourth-order valence-corrected chi connectivity index (χ4v) is 4.71. The second-order valence-electron chi connectivity index (χ2n) is 10.1. The van der Waals surface area contributed by atoms with Crippen molar-refractivity contribution in [3.63, 3.8) is 0 Å². The van der Waals surface area contributed by atoms with E-state index in [4.69, 9.17) is 14.5 Å². The SMILES string of the molecule is COc1cc(N2CCn3c(nc4ccccc43)C2)ccc1NC(=O)COc1ccccc1C(C)(C)C. The predicted molar refractivity (Wildman–Crippen MR) is 143 cm³/mol. The van der Waals surface area contributed by atoms with E-state index in [0.717, 1.165) is 41.4 Å². The van der Waals surface area contributed by atoms with Crippen LogP contribution < -0.4 is 19.7 Å². The molecule has 0 unspecified atom stereocenters. The van der Waals surface area contributed by atoms with E-state index in [9.17, 15) is 4.79 Å². The van der Waals surface area contributed by atoms with Crippen LogP contribution in [0.25, 0.3) is 11.0 Å². The summed E-state index contributed by atoms with van der Waals surface area (Å²) >= 11 is 0. The van der Waals surface area contributed by atoms with Crippen molar-refractivity contribution in [1.29, 1.82) is 0 Å². The zero-order valence-corrected chi connectivity index (χ0v) is 21.2. The Morgan fingerprint density at radius 3 is 2.58 bits per heavy atom. The van der Waals surface area contributed by atoms with Crippen molar-refractivity contribution in [2.75, 3.05) is 30.5 Å². The van der Waals surface area contributed by atoms with E-state index in [1.54, 1.807) is 7.11 Å². The summed E-state index contributed by atoms with van der Waals surface area (Å²) in [5, 5.41) is 2.93. The van der Waals surface area contributed by atoms with Gasteiger partial charge in [-0.2, -0.15) is 0 Å². The number of methoxy groups -OCH3 is 1. The van der Waals surface area contributed by atoms with Crippen molar-refractivity contribution in [3.8, 4) is 11.5 Å². The molecule has 1 aromatic heterocycles. The number of hydrogen-bond donors (Lipinski definition) is 1.